The zero-order chi connectivity index (χ0) is 13.0. The zero-order valence-electron chi connectivity index (χ0n) is 10.8. The first-order chi connectivity index (χ1) is 8.66. The molecule has 1 N–H and O–H groups in total. The van der Waals surface area contributed by atoms with Crippen LogP contribution in [0.15, 0.2) is 18.2 Å². The molecule has 0 saturated carbocycles. The Bertz CT molecular complexity index is 425. The molecule has 0 bridgehead atoms. The molecule has 1 aromatic rings. The van der Waals surface area contributed by atoms with Gasteiger partial charge in [0, 0.05) is 12.0 Å². The predicted molar refractivity (Wildman–Crippen MR) is 70.3 cm³/mol. The maximum atomic E-state index is 13.1. The molecule has 0 atom stereocenters. The van der Waals surface area contributed by atoms with Crippen molar-refractivity contribution in [1.82, 2.24) is 5.32 Å². The fourth-order valence-corrected chi connectivity index (χ4v) is 2.53. The Labute approximate surface area is 108 Å². The Morgan fingerprint density at radius 2 is 2.11 bits per heavy atom. The van der Waals surface area contributed by atoms with Gasteiger partial charge in [0.25, 0.3) is 0 Å². The van der Waals surface area contributed by atoms with E-state index in [1.165, 1.54) is 12.1 Å². The molecule has 18 heavy (non-hydrogen) atoms. The summed E-state index contributed by atoms with van der Waals surface area (Å²) in [5.74, 6) is 0.389. The minimum Gasteiger partial charge on any atom is -0.317 e. The van der Waals surface area contributed by atoms with E-state index < -0.39 is 0 Å². The molecule has 1 heterocycles. The van der Waals surface area contributed by atoms with Crippen LogP contribution in [0.4, 0.5) is 4.39 Å². The molecule has 3 heteroatoms. The molecule has 0 unspecified atom stereocenters. The largest absolute Gasteiger partial charge is 0.317 e. The maximum Gasteiger partial charge on any atom is 0.163 e. The first kappa shape index (κ1) is 13.2. The first-order valence-corrected chi connectivity index (χ1v) is 6.67. The number of rotatable bonds is 4. The summed E-state index contributed by atoms with van der Waals surface area (Å²) in [6, 6.07) is 4.44. The van der Waals surface area contributed by atoms with E-state index in [1.54, 1.807) is 6.07 Å². The number of piperidine rings is 1. The molecule has 1 fully saturated rings. The third kappa shape index (κ3) is 3.39. The third-order valence-electron chi connectivity index (χ3n) is 3.74. The highest BCUT2D eigenvalue weighted by Gasteiger charge is 2.16. The molecule has 0 aromatic heterocycles. The number of carbonyl (C=O) groups excluding carboxylic acids is 1. The Morgan fingerprint density at radius 1 is 1.39 bits per heavy atom. The van der Waals surface area contributed by atoms with E-state index in [-0.39, 0.29) is 11.6 Å². The molecular weight excluding hydrogens is 229 g/mol. The van der Waals surface area contributed by atoms with Gasteiger partial charge in [0.15, 0.2) is 5.78 Å². The van der Waals surface area contributed by atoms with Crippen molar-refractivity contribution in [3.8, 4) is 0 Å². The summed E-state index contributed by atoms with van der Waals surface area (Å²) < 4.78 is 13.1. The molecule has 0 radical (unpaired) electrons. The molecule has 0 aliphatic carbocycles. The lowest BCUT2D eigenvalue weighted by molar-refractivity contribution is 0.0969. The van der Waals surface area contributed by atoms with Gasteiger partial charge in [-0.05, 0) is 62.9 Å². The van der Waals surface area contributed by atoms with Crippen LogP contribution in [-0.2, 0) is 0 Å². The van der Waals surface area contributed by atoms with Gasteiger partial charge in [0.05, 0.1) is 0 Å². The molecule has 0 amide bonds. The molecular formula is C15H20FNO. The van der Waals surface area contributed by atoms with Gasteiger partial charge in [0.2, 0.25) is 0 Å². The van der Waals surface area contributed by atoms with Gasteiger partial charge in [-0.15, -0.1) is 0 Å². The van der Waals surface area contributed by atoms with Gasteiger partial charge in [0.1, 0.15) is 5.82 Å². The van der Waals surface area contributed by atoms with Crippen LogP contribution in [0.5, 0.6) is 0 Å². The van der Waals surface area contributed by atoms with E-state index in [9.17, 15) is 9.18 Å². The second kappa shape index (κ2) is 6.10. The van der Waals surface area contributed by atoms with Crippen molar-refractivity contribution in [2.75, 3.05) is 13.1 Å². The Kier molecular flexibility index (Phi) is 4.48. The van der Waals surface area contributed by atoms with E-state index in [0.717, 1.165) is 37.9 Å². The van der Waals surface area contributed by atoms with Crippen molar-refractivity contribution in [3.05, 3.63) is 35.1 Å². The van der Waals surface area contributed by atoms with E-state index in [2.05, 4.69) is 5.32 Å². The van der Waals surface area contributed by atoms with Crippen LogP contribution in [0.1, 0.15) is 41.6 Å². The average molecular weight is 249 g/mol. The highest BCUT2D eigenvalue weighted by molar-refractivity contribution is 5.97. The molecule has 1 saturated heterocycles. The molecule has 98 valence electrons. The number of Topliss-reactive ketones (excluding diaryl/α,β-unsaturated/α-hetero) is 1. The van der Waals surface area contributed by atoms with Gasteiger partial charge in [-0.25, -0.2) is 4.39 Å². The van der Waals surface area contributed by atoms with Gasteiger partial charge in [-0.2, -0.15) is 0 Å². The lowest BCUT2D eigenvalue weighted by Crippen LogP contribution is -2.28. The van der Waals surface area contributed by atoms with Crippen LogP contribution >= 0.6 is 0 Å². The number of halogens is 1. The van der Waals surface area contributed by atoms with Crippen LogP contribution in [0.25, 0.3) is 0 Å². The number of hydrogen-bond donors (Lipinski definition) is 1. The van der Waals surface area contributed by atoms with Crippen LogP contribution in [0, 0.1) is 18.7 Å². The van der Waals surface area contributed by atoms with Crippen LogP contribution in [-0.4, -0.2) is 18.9 Å². The molecule has 1 aliphatic rings. The van der Waals surface area contributed by atoms with Crippen molar-refractivity contribution >= 4 is 5.78 Å². The minimum atomic E-state index is -0.328. The van der Waals surface area contributed by atoms with E-state index in [0.29, 0.717) is 17.9 Å². The van der Waals surface area contributed by atoms with Crippen molar-refractivity contribution in [2.24, 2.45) is 5.92 Å². The smallest absolute Gasteiger partial charge is 0.163 e. The van der Waals surface area contributed by atoms with Crippen molar-refractivity contribution < 1.29 is 9.18 Å². The number of hydrogen-bond acceptors (Lipinski definition) is 2. The summed E-state index contributed by atoms with van der Waals surface area (Å²) in [6.45, 7) is 3.97. The fraction of sp³-hybridized carbons (Fsp3) is 0.533. The molecule has 1 aromatic carbocycles. The highest BCUT2D eigenvalue weighted by atomic mass is 19.1. The van der Waals surface area contributed by atoms with E-state index in [4.69, 9.17) is 0 Å². The minimum absolute atomic E-state index is 0.0746. The van der Waals surface area contributed by atoms with E-state index in [1.807, 2.05) is 6.92 Å². The zero-order valence-corrected chi connectivity index (χ0v) is 10.8. The lowest BCUT2D eigenvalue weighted by atomic mass is 9.90. The summed E-state index contributed by atoms with van der Waals surface area (Å²) in [4.78, 5) is 12.1. The van der Waals surface area contributed by atoms with Crippen LogP contribution in [0.2, 0.25) is 0 Å². The lowest BCUT2D eigenvalue weighted by Gasteiger charge is -2.22. The van der Waals surface area contributed by atoms with Crippen molar-refractivity contribution in [2.45, 2.75) is 32.6 Å². The Morgan fingerprint density at radius 3 is 2.83 bits per heavy atom. The summed E-state index contributed by atoms with van der Waals surface area (Å²) in [6.07, 6.45) is 3.76. The van der Waals surface area contributed by atoms with Crippen molar-refractivity contribution in [3.63, 3.8) is 0 Å². The number of ketones is 1. The van der Waals surface area contributed by atoms with Gasteiger partial charge >= 0.3 is 0 Å². The Balaban J connectivity index is 1.92. The fourth-order valence-electron chi connectivity index (χ4n) is 2.53. The molecule has 2 rings (SSSR count). The third-order valence-corrected chi connectivity index (χ3v) is 3.74. The number of aryl methyl sites for hydroxylation is 1. The normalized spacial score (nSPS) is 16.8. The van der Waals surface area contributed by atoms with Gasteiger partial charge in [-0.1, -0.05) is 6.07 Å². The standard InChI is InChI=1S/C15H20FNO/c1-11-2-4-13(16)10-14(11)15(18)5-3-12-6-8-17-9-7-12/h2,4,10,12,17H,3,5-9H2,1H3. The molecule has 0 spiro atoms. The average Bonchev–Trinajstić information content (AvgIpc) is 2.40. The summed E-state index contributed by atoms with van der Waals surface area (Å²) in [5, 5.41) is 3.32. The summed E-state index contributed by atoms with van der Waals surface area (Å²) in [7, 11) is 0. The van der Waals surface area contributed by atoms with E-state index >= 15 is 0 Å². The second-order valence-electron chi connectivity index (χ2n) is 5.11. The quantitative estimate of drug-likeness (QED) is 0.831. The Hall–Kier alpha value is -1.22. The second-order valence-corrected chi connectivity index (χ2v) is 5.11. The van der Waals surface area contributed by atoms with Crippen LogP contribution in [0.3, 0.4) is 0 Å². The SMILES string of the molecule is Cc1ccc(F)cc1C(=O)CCC1CCNCC1. The predicted octanol–water partition coefficient (Wildman–Crippen LogP) is 3.10. The molecule has 1 aliphatic heterocycles. The van der Waals surface area contributed by atoms with Gasteiger partial charge < -0.3 is 5.32 Å². The van der Waals surface area contributed by atoms with Gasteiger partial charge in [-0.3, -0.25) is 4.79 Å². The van der Waals surface area contributed by atoms with Crippen LogP contribution < -0.4 is 5.32 Å². The highest BCUT2D eigenvalue weighted by Crippen LogP contribution is 2.20. The number of carbonyl (C=O) groups is 1. The number of nitrogens with one attached hydrogen (secondary N) is 1. The monoisotopic (exact) mass is 249 g/mol. The number of benzene rings is 1. The maximum absolute atomic E-state index is 13.1. The summed E-state index contributed by atoms with van der Waals surface area (Å²) >= 11 is 0. The topological polar surface area (TPSA) is 29.1 Å². The first-order valence-electron chi connectivity index (χ1n) is 6.67. The molecule has 2 nitrogen and oxygen atoms in total. The van der Waals surface area contributed by atoms with Crippen molar-refractivity contribution in [1.29, 1.82) is 0 Å². The summed E-state index contributed by atoms with van der Waals surface area (Å²) in [5.41, 5.74) is 1.41.